The highest BCUT2D eigenvalue weighted by Gasteiger charge is 2.81. The lowest BCUT2D eigenvalue weighted by molar-refractivity contribution is -0.279. The average Bonchev–Trinajstić information content (AvgIpc) is 3.69. The molecule has 1 unspecified atom stereocenters. The Morgan fingerprint density at radius 3 is 2.78 bits per heavy atom. The van der Waals surface area contributed by atoms with Crippen LogP contribution in [-0.4, -0.2) is 58.2 Å². The zero-order valence-corrected chi connectivity index (χ0v) is 25.5. The normalized spacial score (nSPS) is 46.3. The molecule has 1 N–H and O–H groups in total. The Morgan fingerprint density at radius 1 is 1.17 bits per heavy atom. The van der Waals surface area contributed by atoms with Gasteiger partial charge in [-0.05, 0) is 73.3 Å². The molecule has 9 atom stereocenters. The topological polar surface area (TPSA) is 75.0 Å². The molecular weight excluding hydrogens is 591 g/mol. The van der Waals surface area contributed by atoms with Gasteiger partial charge in [-0.25, -0.2) is 4.39 Å². The van der Waals surface area contributed by atoms with Crippen LogP contribution >= 0.6 is 15.9 Å². The van der Waals surface area contributed by atoms with E-state index in [0.29, 0.717) is 32.4 Å². The van der Waals surface area contributed by atoms with Crippen molar-refractivity contribution in [2.24, 2.45) is 28.6 Å². The van der Waals surface area contributed by atoms with Crippen LogP contribution in [0.5, 0.6) is 0 Å². The van der Waals surface area contributed by atoms with Crippen molar-refractivity contribution in [3.63, 3.8) is 0 Å². The van der Waals surface area contributed by atoms with Gasteiger partial charge in [0.1, 0.15) is 17.9 Å². The van der Waals surface area contributed by atoms with Crippen LogP contribution in [-0.2, 0) is 31.9 Å². The standard InChI is InChI=1S/C32H38BrFN2O5/c1-19-9-25-24-8-7-22-11-26-21(15-36(35-26)14-20-5-4-6-23(33)10-20)12-28(22,2)31(24,34)27(37)13-29(25,3)32(19)30(40-18-41-32)16-38-17-39-30/h4-6,10-11,15,19,24-25,27,37H,7-9,12-14,16-18H2,1-3H3/t19-,24-,25-,27-,28-,29-,30?,31-,32+/m0/s1. The molecule has 6 aliphatic rings. The number of nitrogens with zero attached hydrogens (tertiary/aromatic N) is 2. The Balaban J connectivity index is 1.15. The number of benzene rings is 1. The van der Waals surface area contributed by atoms with E-state index in [9.17, 15) is 5.11 Å². The molecule has 8 rings (SSSR count). The number of rotatable bonds is 2. The number of aromatic nitrogens is 2. The minimum absolute atomic E-state index is 0.0210. The largest absolute Gasteiger partial charge is 0.390 e. The molecule has 3 saturated carbocycles. The maximum absolute atomic E-state index is 18.2. The molecule has 0 amide bonds. The average molecular weight is 630 g/mol. The van der Waals surface area contributed by atoms with Gasteiger partial charge in [0.05, 0.1) is 18.3 Å². The van der Waals surface area contributed by atoms with E-state index in [4.69, 9.17) is 24.0 Å². The number of hydrogen-bond acceptors (Lipinski definition) is 6. The third-order valence-corrected chi connectivity index (χ3v) is 12.6. The summed E-state index contributed by atoms with van der Waals surface area (Å²) in [6.07, 6.45) is 6.15. The highest BCUT2D eigenvalue weighted by molar-refractivity contribution is 9.10. The van der Waals surface area contributed by atoms with E-state index in [0.717, 1.165) is 39.7 Å². The molecule has 2 spiro atoms. The van der Waals surface area contributed by atoms with Gasteiger partial charge in [-0.1, -0.05) is 54.4 Å². The van der Waals surface area contributed by atoms with Gasteiger partial charge in [-0.2, -0.15) is 5.10 Å². The maximum atomic E-state index is 18.2. The van der Waals surface area contributed by atoms with Crippen molar-refractivity contribution < 1.29 is 28.4 Å². The fraction of sp³-hybridized carbons (Fsp3) is 0.656. The molecule has 5 fully saturated rings. The Labute approximate surface area is 248 Å². The summed E-state index contributed by atoms with van der Waals surface area (Å²) in [5.74, 6) is -1.23. The van der Waals surface area contributed by atoms with Gasteiger partial charge in [0.2, 0.25) is 5.79 Å². The van der Waals surface area contributed by atoms with Gasteiger partial charge in [-0.15, -0.1) is 0 Å². The Hall–Kier alpha value is -1.62. The molecule has 220 valence electrons. The molecule has 41 heavy (non-hydrogen) atoms. The van der Waals surface area contributed by atoms with E-state index in [2.05, 4.69) is 54.2 Å². The molecule has 1 aromatic carbocycles. The second-order valence-electron chi connectivity index (χ2n) is 13.8. The van der Waals surface area contributed by atoms with Crippen molar-refractivity contribution >= 4 is 22.0 Å². The molecule has 3 heterocycles. The Kier molecular flexibility index (Phi) is 5.74. The van der Waals surface area contributed by atoms with Crippen LogP contribution in [0, 0.1) is 28.6 Å². The summed E-state index contributed by atoms with van der Waals surface area (Å²) >= 11 is 3.56. The SMILES string of the molecule is C[C@H]1C[C@H]2[C@@H]3CCC4=Cc5nn(Cc6cccc(Br)c6)cc5C[C@]4(C)[C@@]3(F)[C@@H](O)C[C@]2(C)[C@]12OCOC21COCO1. The number of aliphatic hydroxyl groups excluding tert-OH is 1. The maximum Gasteiger partial charge on any atom is 0.227 e. The number of aliphatic hydroxyl groups is 1. The van der Waals surface area contributed by atoms with Crippen LogP contribution in [0.3, 0.4) is 0 Å². The fourth-order valence-corrected chi connectivity index (χ4v) is 11.0. The first kappa shape index (κ1) is 27.0. The van der Waals surface area contributed by atoms with Gasteiger partial charge in [-0.3, -0.25) is 4.68 Å². The molecule has 2 aromatic rings. The summed E-state index contributed by atoms with van der Waals surface area (Å²) in [6, 6.07) is 8.22. The van der Waals surface area contributed by atoms with Crippen molar-refractivity contribution in [1.82, 2.24) is 9.78 Å². The first-order chi connectivity index (χ1) is 19.6. The third-order valence-electron chi connectivity index (χ3n) is 12.1. The molecule has 0 bridgehead atoms. The van der Waals surface area contributed by atoms with Crippen LogP contribution in [0.2, 0.25) is 0 Å². The van der Waals surface area contributed by atoms with E-state index < -0.39 is 34.0 Å². The van der Waals surface area contributed by atoms with Crippen molar-refractivity contribution in [3.8, 4) is 0 Å². The third kappa shape index (κ3) is 3.23. The summed E-state index contributed by atoms with van der Waals surface area (Å²) in [5.41, 5.74) is 0.288. The van der Waals surface area contributed by atoms with Crippen LogP contribution in [0.4, 0.5) is 4.39 Å². The fourth-order valence-electron chi connectivity index (χ4n) is 10.5. The van der Waals surface area contributed by atoms with E-state index in [1.165, 1.54) is 0 Å². The van der Waals surface area contributed by atoms with Crippen LogP contribution in [0.1, 0.15) is 63.3 Å². The van der Waals surface area contributed by atoms with Crippen molar-refractivity contribution in [1.29, 1.82) is 0 Å². The molecular formula is C32H38BrFN2O5. The lowest BCUT2D eigenvalue weighted by Crippen LogP contribution is -2.72. The number of allylic oxidation sites excluding steroid dienone is 1. The molecule has 2 saturated heterocycles. The van der Waals surface area contributed by atoms with Gasteiger partial charge >= 0.3 is 0 Å². The van der Waals surface area contributed by atoms with E-state index in [1.54, 1.807) is 0 Å². The Morgan fingerprint density at radius 2 is 2.00 bits per heavy atom. The summed E-state index contributed by atoms with van der Waals surface area (Å²) < 4.78 is 45.7. The lowest BCUT2D eigenvalue weighted by atomic mass is 9.43. The highest BCUT2D eigenvalue weighted by Crippen LogP contribution is 2.74. The zero-order chi connectivity index (χ0) is 28.4. The first-order valence-corrected chi connectivity index (χ1v) is 15.7. The van der Waals surface area contributed by atoms with Crippen LogP contribution in [0.15, 0.2) is 40.5 Å². The molecule has 4 aliphatic carbocycles. The highest BCUT2D eigenvalue weighted by atomic mass is 79.9. The lowest BCUT2D eigenvalue weighted by Gasteiger charge is -2.64. The molecule has 7 nitrogen and oxygen atoms in total. The predicted octanol–water partition coefficient (Wildman–Crippen LogP) is 5.63. The van der Waals surface area contributed by atoms with Gasteiger partial charge in [0, 0.05) is 27.4 Å². The number of ether oxygens (including phenoxy) is 4. The molecule has 9 heteroatoms. The van der Waals surface area contributed by atoms with Gasteiger partial charge in [0.25, 0.3) is 0 Å². The number of hydrogen-bond donors (Lipinski definition) is 1. The minimum Gasteiger partial charge on any atom is -0.390 e. The van der Waals surface area contributed by atoms with Gasteiger partial charge < -0.3 is 24.1 Å². The number of halogens is 2. The second-order valence-corrected chi connectivity index (χ2v) is 14.8. The predicted molar refractivity (Wildman–Crippen MR) is 152 cm³/mol. The summed E-state index contributed by atoms with van der Waals surface area (Å²) in [5, 5.41) is 16.9. The van der Waals surface area contributed by atoms with Crippen molar-refractivity contribution in [3.05, 3.63) is 57.3 Å². The van der Waals surface area contributed by atoms with E-state index in [-0.39, 0.29) is 31.3 Å². The molecule has 2 aliphatic heterocycles. The zero-order valence-electron chi connectivity index (χ0n) is 23.9. The van der Waals surface area contributed by atoms with Crippen LogP contribution < -0.4 is 0 Å². The van der Waals surface area contributed by atoms with Gasteiger partial charge in [0.15, 0.2) is 13.6 Å². The van der Waals surface area contributed by atoms with Crippen LogP contribution in [0.25, 0.3) is 6.08 Å². The number of alkyl halides is 1. The monoisotopic (exact) mass is 628 g/mol. The molecule has 0 radical (unpaired) electrons. The van der Waals surface area contributed by atoms with Crippen molar-refractivity contribution in [2.45, 2.75) is 82.6 Å². The number of fused-ring (bicyclic) bond motifs is 8. The Bertz CT molecular complexity index is 1440. The minimum atomic E-state index is -1.77. The van der Waals surface area contributed by atoms with Crippen molar-refractivity contribution in [2.75, 3.05) is 20.2 Å². The summed E-state index contributed by atoms with van der Waals surface area (Å²) in [7, 11) is 0. The smallest absolute Gasteiger partial charge is 0.227 e. The summed E-state index contributed by atoms with van der Waals surface area (Å²) in [6.45, 7) is 7.62. The quantitative estimate of drug-likeness (QED) is 0.465. The molecule has 1 aromatic heterocycles. The summed E-state index contributed by atoms with van der Waals surface area (Å²) in [4.78, 5) is 0. The van der Waals surface area contributed by atoms with E-state index in [1.807, 2.05) is 23.7 Å². The van der Waals surface area contributed by atoms with E-state index >= 15 is 4.39 Å². The second kappa shape index (κ2) is 8.73. The first-order valence-electron chi connectivity index (χ1n) is 14.9.